The Kier molecular flexibility index (Phi) is 2.35. The number of benzene rings is 1. The summed E-state index contributed by atoms with van der Waals surface area (Å²) in [5, 5.41) is 20.5. The van der Waals surface area contributed by atoms with E-state index in [-0.39, 0.29) is 27.5 Å². The van der Waals surface area contributed by atoms with E-state index in [1.54, 1.807) is 6.92 Å². The lowest BCUT2D eigenvalue weighted by Crippen LogP contribution is -1.93. The third kappa shape index (κ3) is 1.63. The molecule has 0 amide bonds. The number of aromatic hydroxyl groups is 1. The van der Waals surface area contributed by atoms with Crippen molar-refractivity contribution in [2.45, 2.75) is 6.92 Å². The van der Waals surface area contributed by atoms with Crippen molar-refractivity contribution in [1.82, 2.24) is 9.97 Å². The zero-order valence-electron chi connectivity index (χ0n) is 8.14. The number of hydrogen-bond donors (Lipinski definition) is 1. The molecular formula is C9H6ClN3O3. The van der Waals surface area contributed by atoms with Gasteiger partial charge in [-0.15, -0.1) is 0 Å². The second-order valence-corrected chi connectivity index (χ2v) is 3.54. The molecule has 2 rings (SSSR count). The van der Waals surface area contributed by atoms with Crippen LogP contribution in [0.1, 0.15) is 5.82 Å². The summed E-state index contributed by atoms with van der Waals surface area (Å²) in [5.74, 6) is 0.0894. The smallest absolute Gasteiger partial charge is 0.275 e. The molecular weight excluding hydrogens is 234 g/mol. The van der Waals surface area contributed by atoms with Gasteiger partial charge in [0.1, 0.15) is 16.7 Å². The Morgan fingerprint density at radius 2 is 2.12 bits per heavy atom. The number of aromatic nitrogens is 2. The van der Waals surface area contributed by atoms with Crippen molar-refractivity contribution in [1.29, 1.82) is 0 Å². The number of nitrogens with zero attached hydrogens (tertiary/aromatic N) is 3. The molecule has 0 atom stereocenters. The maximum atomic E-state index is 10.6. The Morgan fingerprint density at radius 3 is 2.75 bits per heavy atom. The van der Waals surface area contributed by atoms with Gasteiger partial charge in [-0.1, -0.05) is 11.6 Å². The molecule has 0 aliphatic carbocycles. The average Bonchev–Trinajstić information content (AvgIpc) is 2.15. The first-order chi connectivity index (χ1) is 7.49. The molecule has 0 spiro atoms. The predicted molar refractivity (Wildman–Crippen MR) is 57.6 cm³/mol. The van der Waals surface area contributed by atoms with E-state index in [2.05, 4.69) is 9.97 Å². The quantitative estimate of drug-likeness (QED) is 0.468. The molecule has 6 nitrogen and oxygen atoms in total. The van der Waals surface area contributed by atoms with E-state index in [4.69, 9.17) is 11.6 Å². The number of fused-ring (bicyclic) bond motifs is 1. The molecule has 7 heteroatoms. The third-order valence-electron chi connectivity index (χ3n) is 2.04. The van der Waals surface area contributed by atoms with Crippen LogP contribution in [0.2, 0.25) is 5.15 Å². The first-order valence-electron chi connectivity index (χ1n) is 4.30. The summed E-state index contributed by atoms with van der Waals surface area (Å²) in [6.07, 6.45) is 0. The van der Waals surface area contributed by atoms with Gasteiger partial charge in [0.05, 0.1) is 21.9 Å². The maximum Gasteiger partial charge on any atom is 0.275 e. The van der Waals surface area contributed by atoms with Crippen molar-refractivity contribution >= 4 is 28.2 Å². The monoisotopic (exact) mass is 239 g/mol. The van der Waals surface area contributed by atoms with Gasteiger partial charge in [0.25, 0.3) is 5.69 Å². The number of halogens is 1. The van der Waals surface area contributed by atoms with E-state index in [0.29, 0.717) is 5.82 Å². The lowest BCUT2D eigenvalue weighted by atomic mass is 10.2. The van der Waals surface area contributed by atoms with Gasteiger partial charge in [-0.05, 0) is 6.92 Å². The van der Waals surface area contributed by atoms with Crippen LogP contribution in [-0.4, -0.2) is 20.0 Å². The summed E-state index contributed by atoms with van der Waals surface area (Å²) in [4.78, 5) is 17.8. The molecule has 0 radical (unpaired) electrons. The minimum absolute atomic E-state index is 0.0786. The fourth-order valence-electron chi connectivity index (χ4n) is 1.40. The van der Waals surface area contributed by atoms with Crippen molar-refractivity contribution in [3.8, 4) is 5.75 Å². The standard InChI is InChI=1S/C9H6ClN3O3/c1-4-11-6-2-5(13(15)16)3-7(14)8(6)9(10)12-4/h2-3,14H,1H3. The first kappa shape index (κ1) is 10.6. The van der Waals surface area contributed by atoms with E-state index in [1.807, 2.05) is 0 Å². The van der Waals surface area contributed by atoms with Crippen LogP contribution in [0, 0.1) is 17.0 Å². The van der Waals surface area contributed by atoms with Gasteiger partial charge >= 0.3 is 0 Å². The Balaban J connectivity index is 2.87. The van der Waals surface area contributed by atoms with Crippen LogP contribution in [0.3, 0.4) is 0 Å². The molecule has 1 aromatic heterocycles. The minimum Gasteiger partial charge on any atom is -0.507 e. The molecule has 0 aliphatic heterocycles. The number of rotatable bonds is 1. The van der Waals surface area contributed by atoms with Crippen molar-refractivity contribution in [2.24, 2.45) is 0 Å². The zero-order chi connectivity index (χ0) is 11.9. The number of nitro benzene ring substituents is 1. The van der Waals surface area contributed by atoms with Crippen LogP contribution in [0.5, 0.6) is 5.75 Å². The van der Waals surface area contributed by atoms with Crippen LogP contribution in [0.4, 0.5) is 5.69 Å². The van der Waals surface area contributed by atoms with Crippen LogP contribution in [0.25, 0.3) is 10.9 Å². The van der Waals surface area contributed by atoms with Crippen molar-refractivity contribution < 1.29 is 10.0 Å². The molecule has 2 aromatic rings. The SMILES string of the molecule is Cc1nc(Cl)c2c(O)cc([N+](=O)[O-])cc2n1. The fourth-order valence-corrected chi connectivity index (χ4v) is 1.72. The Morgan fingerprint density at radius 1 is 1.44 bits per heavy atom. The molecule has 0 saturated carbocycles. The number of phenolic OH excluding ortho intramolecular Hbond substituents is 1. The van der Waals surface area contributed by atoms with E-state index in [1.165, 1.54) is 6.07 Å². The molecule has 16 heavy (non-hydrogen) atoms. The molecule has 0 saturated heterocycles. The number of aryl methyl sites for hydroxylation is 1. The highest BCUT2D eigenvalue weighted by atomic mass is 35.5. The fraction of sp³-hybridized carbons (Fsp3) is 0.111. The number of hydrogen-bond acceptors (Lipinski definition) is 5. The van der Waals surface area contributed by atoms with Gasteiger partial charge < -0.3 is 5.11 Å². The second kappa shape index (κ2) is 3.57. The summed E-state index contributed by atoms with van der Waals surface area (Å²) in [7, 11) is 0. The highest BCUT2D eigenvalue weighted by Gasteiger charge is 2.15. The average molecular weight is 240 g/mol. The summed E-state index contributed by atoms with van der Waals surface area (Å²) in [6, 6.07) is 2.27. The van der Waals surface area contributed by atoms with Crippen LogP contribution in [-0.2, 0) is 0 Å². The van der Waals surface area contributed by atoms with Crippen molar-refractivity contribution in [2.75, 3.05) is 0 Å². The van der Waals surface area contributed by atoms with Crippen molar-refractivity contribution in [3.63, 3.8) is 0 Å². The molecule has 0 aliphatic rings. The molecule has 0 unspecified atom stereocenters. The predicted octanol–water partition coefficient (Wildman–Crippen LogP) is 2.21. The van der Waals surface area contributed by atoms with E-state index in [0.717, 1.165) is 6.07 Å². The molecule has 1 aromatic carbocycles. The Labute approximate surface area is 94.7 Å². The lowest BCUT2D eigenvalue weighted by Gasteiger charge is -2.03. The number of phenols is 1. The number of nitro groups is 1. The van der Waals surface area contributed by atoms with Crippen LogP contribution in [0.15, 0.2) is 12.1 Å². The van der Waals surface area contributed by atoms with Gasteiger partial charge in [0.2, 0.25) is 0 Å². The summed E-state index contributed by atoms with van der Waals surface area (Å²) >= 11 is 5.82. The van der Waals surface area contributed by atoms with Gasteiger partial charge in [0.15, 0.2) is 0 Å². The zero-order valence-corrected chi connectivity index (χ0v) is 8.89. The van der Waals surface area contributed by atoms with Gasteiger partial charge in [-0.25, -0.2) is 9.97 Å². The normalized spacial score (nSPS) is 10.6. The molecule has 0 fully saturated rings. The highest BCUT2D eigenvalue weighted by molar-refractivity contribution is 6.34. The maximum absolute atomic E-state index is 10.6. The Bertz CT molecular complexity index is 600. The lowest BCUT2D eigenvalue weighted by molar-refractivity contribution is -0.384. The van der Waals surface area contributed by atoms with E-state index in [9.17, 15) is 15.2 Å². The van der Waals surface area contributed by atoms with Crippen molar-refractivity contribution in [3.05, 3.63) is 33.2 Å². The number of non-ortho nitro benzene ring substituents is 1. The van der Waals surface area contributed by atoms with Gasteiger partial charge in [-0.2, -0.15) is 0 Å². The van der Waals surface area contributed by atoms with Crippen LogP contribution >= 0.6 is 11.6 Å². The van der Waals surface area contributed by atoms with E-state index < -0.39 is 4.92 Å². The van der Waals surface area contributed by atoms with Crippen LogP contribution < -0.4 is 0 Å². The second-order valence-electron chi connectivity index (χ2n) is 3.18. The van der Waals surface area contributed by atoms with Gasteiger partial charge in [0, 0.05) is 6.07 Å². The summed E-state index contributed by atoms with van der Waals surface area (Å²) < 4.78 is 0. The molecule has 1 N–H and O–H groups in total. The summed E-state index contributed by atoms with van der Waals surface area (Å²) in [6.45, 7) is 1.61. The third-order valence-corrected chi connectivity index (χ3v) is 2.31. The highest BCUT2D eigenvalue weighted by Crippen LogP contribution is 2.33. The topological polar surface area (TPSA) is 89.2 Å². The largest absolute Gasteiger partial charge is 0.507 e. The molecule has 82 valence electrons. The van der Waals surface area contributed by atoms with Gasteiger partial charge in [-0.3, -0.25) is 10.1 Å². The first-order valence-corrected chi connectivity index (χ1v) is 4.68. The minimum atomic E-state index is -0.607. The summed E-state index contributed by atoms with van der Waals surface area (Å²) in [5.41, 5.74) is 0.0170. The van der Waals surface area contributed by atoms with E-state index >= 15 is 0 Å². The Hall–Kier alpha value is -1.95. The molecule has 0 bridgehead atoms. The molecule has 1 heterocycles.